The van der Waals surface area contributed by atoms with Gasteiger partial charge in [-0.05, 0) is 68.6 Å². The second-order valence-corrected chi connectivity index (χ2v) is 11.9. The summed E-state index contributed by atoms with van der Waals surface area (Å²) in [5.74, 6) is 1.79. The molecule has 46 heavy (non-hydrogen) atoms. The van der Waals surface area contributed by atoms with Crippen molar-refractivity contribution in [2.75, 3.05) is 12.0 Å². The predicted molar refractivity (Wildman–Crippen MR) is 163 cm³/mol. The molecule has 7 nitrogen and oxygen atoms in total. The van der Waals surface area contributed by atoms with Gasteiger partial charge in [-0.3, -0.25) is 4.79 Å². The van der Waals surface area contributed by atoms with Gasteiger partial charge in [0.1, 0.15) is 11.3 Å². The molecule has 5 rings (SSSR count). The lowest BCUT2D eigenvalue weighted by atomic mass is 9.81. The molecule has 2 aliphatic rings. The normalized spacial score (nSPS) is 18.7. The number of rotatable bonds is 6. The van der Waals surface area contributed by atoms with Crippen LogP contribution in [-0.2, 0) is 15.7 Å². The van der Waals surface area contributed by atoms with E-state index in [0.29, 0.717) is 37.3 Å². The number of nitrogens with zero attached hydrogens (tertiary/aromatic N) is 3. The number of carbonyl (C=O) groups is 2. The predicted octanol–water partition coefficient (Wildman–Crippen LogP) is 8.11. The topological polar surface area (TPSA) is 81.6 Å². The SMILES string of the molecule is COC(=O)c1cc(Oc2ncc(C#Cc3ccccn3)cc2C(F)(F)F)c(F)cc1N(C(=O)C1CCC(C)CC1)C1CCCCC1. The molecule has 1 aromatic carbocycles. The van der Waals surface area contributed by atoms with Crippen molar-refractivity contribution in [1.29, 1.82) is 0 Å². The van der Waals surface area contributed by atoms with Crippen LogP contribution < -0.4 is 9.64 Å². The van der Waals surface area contributed by atoms with E-state index in [1.54, 1.807) is 18.2 Å². The lowest BCUT2D eigenvalue weighted by Gasteiger charge is -2.38. The van der Waals surface area contributed by atoms with Crippen molar-refractivity contribution in [3.8, 4) is 23.5 Å². The first-order valence-electron chi connectivity index (χ1n) is 15.5. The first-order chi connectivity index (χ1) is 22.0. The zero-order valence-electron chi connectivity index (χ0n) is 25.7. The van der Waals surface area contributed by atoms with Gasteiger partial charge in [-0.25, -0.2) is 19.2 Å². The summed E-state index contributed by atoms with van der Waals surface area (Å²) in [7, 11) is 1.14. The Morgan fingerprint density at radius 3 is 2.35 bits per heavy atom. The monoisotopic (exact) mass is 637 g/mol. The summed E-state index contributed by atoms with van der Waals surface area (Å²) in [5, 5.41) is 0. The maximum atomic E-state index is 15.8. The quantitative estimate of drug-likeness (QED) is 0.154. The first-order valence-corrected chi connectivity index (χ1v) is 15.5. The van der Waals surface area contributed by atoms with Gasteiger partial charge in [0, 0.05) is 42.0 Å². The lowest BCUT2D eigenvalue weighted by Crippen LogP contribution is -2.46. The Balaban J connectivity index is 1.53. The Labute approximate surface area is 265 Å². The van der Waals surface area contributed by atoms with Gasteiger partial charge < -0.3 is 14.4 Å². The van der Waals surface area contributed by atoms with Crippen LogP contribution in [0.1, 0.15) is 91.9 Å². The Bertz CT molecular complexity index is 1620. The number of esters is 1. The molecule has 3 aromatic rings. The fourth-order valence-corrected chi connectivity index (χ4v) is 6.11. The Hall–Kier alpha value is -4.46. The number of benzene rings is 1. The van der Waals surface area contributed by atoms with E-state index in [4.69, 9.17) is 9.47 Å². The van der Waals surface area contributed by atoms with E-state index in [0.717, 1.165) is 63.6 Å². The summed E-state index contributed by atoms with van der Waals surface area (Å²) in [4.78, 5) is 36.5. The number of aromatic nitrogens is 2. The number of alkyl halides is 3. The Morgan fingerprint density at radius 2 is 1.70 bits per heavy atom. The summed E-state index contributed by atoms with van der Waals surface area (Å²) in [6.07, 6.45) is 4.94. The summed E-state index contributed by atoms with van der Waals surface area (Å²) >= 11 is 0. The van der Waals surface area contributed by atoms with E-state index < -0.39 is 35.2 Å². The van der Waals surface area contributed by atoms with Crippen molar-refractivity contribution in [1.82, 2.24) is 9.97 Å². The zero-order chi connectivity index (χ0) is 32.8. The molecule has 0 aliphatic heterocycles. The molecule has 0 N–H and O–H groups in total. The van der Waals surface area contributed by atoms with Crippen LogP contribution in [0.15, 0.2) is 48.8 Å². The molecule has 1 amide bonds. The highest BCUT2D eigenvalue weighted by molar-refractivity contribution is 6.04. The molecular formula is C35H35F4N3O4. The fraction of sp³-hybridized carbons (Fsp3) is 0.429. The molecule has 0 bridgehead atoms. The summed E-state index contributed by atoms with van der Waals surface area (Å²) in [6, 6.07) is 7.44. The van der Waals surface area contributed by atoms with Crippen LogP contribution in [-0.4, -0.2) is 35.0 Å². The number of amides is 1. The third-order valence-electron chi connectivity index (χ3n) is 8.62. The van der Waals surface area contributed by atoms with Crippen LogP contribution in [0.3, 0.4) is 0 Å². The van der Waals surface area contributed by atoms with E-state index in [2.05, 4.69) is 28.7 Å². The van der Waals surface area contributed by atoms with Crippen molar-refractivity contribution < 1.29 is 36.6 Å². The molecule has 2 saturated carbocycles. The van der Waals surface area contributed by atoms with Crippen LogP contribution in [0.25, 0.3) is 0 Å². The fourth-order valence-electron chi connectivity index (χ4n) is 6.11. The molecular weight excluding hydrogens is 602 g/mol. The number of hydrogen-bond acceptors (Lipinski definition) is 6. The minimum absolute atomic E-state index is 0.0244. The van der Waals surface area contributed by atoms with Gasteiger partial charge in [0.25, 0.3) is 0 Å². The molecule has 0 spiro atoms. The third kappa shape index (κ3) is 7.66. The van der Waals surface area contributed by atoms with Gasteiger partial charge in [-0.2, -0.15) is 13.2 Å². The highest BCUT2D eigenvalue weighted by atomic mass is 19.4. The minimum Gasteiger partial charge on any atom is -0.465 e. The summed E-state index contributed by atoms with van der Waals surface area (Å²) in [6.45, 7) is 2.14. The van der Waals surface area contributed by atoms with E-state index in [-0.39, 0.29) is 34.7 Å². The number of halogens is 4. The van der Waals surface area contributed by atoms with Gasteiger partial charge in [0.05, 0.1) is 18.4 Å². The third-order valence-corrected chi connectivity index (χ3v) is 8.62. The Kier molecular flexibility index (Phi) is 10.2. The molecule has 2 heterocycles. The zero-order valence-corrected chi connectivity index (χ0v) is 25.7. The maximum absolute atomic E-state index is 15.8. The lowest BCUT2D eigenvalue weighted by molar-refractivity contribution is -0.139. The number of ether oxygens (including phenoxy) is 2. The molecule has 0 saturated heterocycles. The number of pyridine rings is 2. The maximum Gasteiger partial charge on any atom is 0.421 e. The van der Waals surface area contributed by atoms with E-state index in [9.17, 15) is 22.8 Å². The largest absolute Gasteiger partial charge is 0.465 e. The molecule has 0 atom stereocenters. The number of hydrogen-bond donors (Lipinski definition) is 0. The van der Waals surface area contributed by atoms with Gasteiger partial charge >= 0.3 is 12.1 Å². The van der Waals surface area contributed by atoms with Gasteiger partial charge in [0.15, 0.2) is 11.6 Å². The summed E-state index contributed by atoms with van der Waals surface area (Å²) < 4.78 is 68.6. The molecule has 0 unspecified atom stereocenters. The van der Waals surface area contributed by atoms with Crippen LogP contribution in [0.5, 0.6) is 11.6 Å². The molecule has 0 radical (unpaired) electrons. The second kappa shape index (κ2) is 14.3. The average Bonchev–Trinajstić information content (AvgIpc) is 3.06. The average molecular weight is 638 g/mol. The van der Waals surface area contributed by atoms with Crippen LogP contribution in [0.2, 0.25) is 0 Å². The molecule has 242 valence electrons. The second-order valence-electron chi connectivity index (χ2n) is 11.9. The van der Waals surface area contributed by atoms with Crippen LogP contribution in [0.4, 0.5) is 23.2 Å². The molecule has 2 aliphatic carbocycles. The van der Waals surface area contributed by atoms with Crippen LogP contribution in [0, 0.1) is 29.5 Å². The smallest absolute Gasteiger partial charge is 0.421 e. The summed E-state index contributed by atoms with van der Waals surface area (Å²) in [5.41, 5.74) is -1.15. The van der Waals surface area contributed by atoms with E-state index in [1.165, 1.54) is 11.1 Å². The van der Waals surface area contributed by atoms with Crippen molar-refractivity contribution >= 4 is 17.6 Å². The molecule has 11 heteroatoms. The minimum atomic E-state index is -4.92. The Morgan fingerprint density at radius 1 is 0.957 bits per heavy atom. The van der Waals surface area contributed by atoms with E-state index in [1.807, 2.05) is 0 Å². The number of anilines is 1. The highest BCUT2D eigenvalue weighted by Gasteiger charge is 2.38. The standard InChI is InChI=1S/C35H35F4N3O4/c1-22-11-14-24(15-12-22)33(43)42(26-9-4-3-5-10-26)30-20-29(36)31(19-27(30)34(44)45-2)46-32-28(35(37,38)39)18-23(21-41-32)13-16-25-8-6-7-17-40-25/h6-8,17-22,24,26H,3-5,9-12,14-15H2,1-2H3. The van der Waals surface area contributed by atoms with Crippen molar-refractivity contribution in [2.24, 2.45) is 11.8 Å². The van der Waals surface area contributed by atoms with Crippen molar-refractivity contribution in [2.45, 2.75) is 76.9 Å². The molecule has 2 aromatic heterocycles. The first kappa shape index (κ1) is 32.9. The van der Waals surface area contributed by atoms with Gasteiger partial charge in [0.2, 0.25) is 11.8 Å². The number of methoxy groups -OCH3 is 1. The van der Waals surface area contributed by atoms with Gasteiger partial charge in [-0.1, -0.05) is 38.2 Å². The van der Waals surface area contributed by atoms with Gasteiger partial charge in [-0.15, -0.1) is 0 Å². The highest BCUT2D eigenvalue weighted by Crippen LogP contribution is 2.41. The number of carbonyl (C=O) groups excluding carboxylic acids is 2. The van der Waals surface area contributed by atoms with Crippen LogP contribution >= 0.6 is 0 Å². The van der Waals surface area contributed by atoms with E-state index >= 15 is 4.39 Å². The van der Waals surface area contributed by atoms with Crippen molar-refractivity contribution in [3.63, 3.8) is 0 Å². The molecule has 2 fully saturated rings. The van der Waals surface area contributed by atoms with Crippen molar-refractivity contribution in [3.05, 3.63) is 77.0 Å².